The molecule has 2 aromatic rings. The number of amides is 2. The van der Waals surface area contributed by atoms with Crippen LogP contribution in [-0.4, -0.2) is 33.8 Å². The standard InChI is InChI=1S/C18H16ClN3O3/c19-11-7-20-21(9-11)8-10-2-1-3-12(6-10)22-17(23)15-13-4-5-14(25-13)16(15)18(22)24/h1-3,6-7,9,13-16H,4-5,8H2/t13-,14+,15-,16+. The van der Waals surface area contributed by atoms with E-state index in [1.165, 1.54) is 4.90 Å². The molecule has 1 aromatic carbocycles. The number of rotatable bonds is 3. The highest BCUT2D eigenvalue weighted by Gasteiger charge is 2.62. The molecule has 3 aliphatic rings. The summed E-state index contributed by atoms with van der Waals surface area (Å²) >= 11 is 5.89. The first-order valence-corrected chi connectivity index (χ1v) is 8.80. The molecule has 0 spiro atoms. The summed E-state index contributed by atoms with van der Waals surface area (Å²) in [5.41, 5.74) is 1.58. The van der Waals surface area contributed by atoms with Gasteiger partial charge in [0.25, 0.3) is 0 Å². The van der Waals surface area contributed by atoms with Crippen LogP contribution >= 0.6 is 11.6 Å². The number of hydrogen-bond acceptors (Lipinski definition) is 4. The Morgan fingerprint density at radius 3 is 2.52 bits per heavy atom. The van der Waals surface area contributed by atoms with E-state index in [4.69, 9.17) is 16.3 Å². The number of anilines is 1. The van der Waals surface area contributed by atoms with E-state index in [-0.39, 0.29) is 35.9 Å². The van der Waals surface area contributed by atoms with Crippen LogP contribution in [0.5, 0.6) is 0 Å². The monoisotopic (exact) mass is 357 g/mol. The lowest BCUT2D eigenvalue weighted by molar-refractivity contribution is -0.124. The van der Waals surface area contributed by atoms with E-state index in [0.717, 1.165) is 18.4 Å². The molecular weight excluding hydrogens is 342 g/mol. The largest absolute Gasteiger partial charge is 0.373 e. The van der Waals surface area contributed by atoms with E-state index in [1.807, 2.05) is 18.2 Å². The first kappa shape index (κ1) is 15.1. The minimum atomic E-state index is -0.306. The van der Waals surface area contributed by atoms with E-state index < -0.39 is 0 Å². The SMILES string of the molecule is O=C1[C@@H]2[C@H](C(=O)N1c1cccc(Cn3cc(Cl)cn3)c1)[C@H]1CC[C@@H]2O1. The van der Waals surface area contributed by atoms with Crippen molar-refractivity contribution in [2.45, 2.75) is 31.6 Å². The Labute approximate surface area is 149 Å². The molecule has 4 heterocycles. The van der Waals surface area contributed by atoms with E-state index in [1.54, 1.807) is 23.1 Å². The maximum absolute atomic E-state index is 12.9. The minimum absolute atomic E-state index is 0.0918. The van der Waals surface area contributed by atoms with Gasteiger partial charge in [-0.05, 0) is 30.5 Å². The normalized spacial score (nSPS) is 30.4. The topological polar surface area (TPSA) is 64.4 Å². The molecule has 2 amide bonds. The quantitative estimate of drug-likeness (QED) is 0.790. The molecule has 0 radical (unpaired) electrons. The van der Waals surface area contributed by atoms with Crippen LogP contribution in [0.1, 0.15) is 18.4 Å². The van der Waals surface area contributed by atoms with Crippen LogP contribution < -0.4 is 4.90 Å². The van der Waals surface area contributed by atoms with Gasteiger partial charge >= 0.3 is 0 Å². The lowest BCUT2D eigenvalue weighted by Gasteiger charge is -2.18. The second-order valence-electron chi connectivity index (χ2n) is 6.88. The Balaban J connectivity index is 1.44. The van der Waals surface area contributed by atoms with Gasteiger partial charge in [-0.25, -0.2) is 4.90 Å². The Kier molecular flexibility index (Phi) is 3.27. The molecule has 1 aromatic heterocycles. The van der Waals surface area contributed by atoms with Crippen LogP contribution in [0.4, 0.5) is 5.69 Å². The zero-order valence-corrected chi connectivity index (χ0v) is 14.1. The number of fused-ring (bicyclic) bond motifs is 5. The summed E-state index contributed by atoms with van der Waals surface area (Å²) in [4.78, 5) is 27.1. The summed E-state index contributed by atoms with van der Waals surface area (Å²) in [6.07, 6.45) is 4.88. The molecular formula is C18H16ClN3O3. The van der Waals surface area contributed by atoms with Crippen molar-refractivity contribution in [1.82, 2.24) is 9.78 Å². The summed E-state index contributed by atoms with van der Waals surface area (Å²) in [7, 11) is 0. The van der Waals surface area contributed by atoms with Gasteiger partial charge < -0.3 is 4.74 Å². The van der Waals surface area contributed by atoms with Gasteiger partial charge in [-0.15, -0.1) is 0 Å². The molecule has 0 aliphatic carbocycles. The summed E-state index contributed by atoms with van der Waals surface area (Å²) in [6.45, 7) is 0.526. The first-order chi connectivity index (χ1) is 12.1. The molecule has 3 aliphatic heterocycles. The smallest absolute Gasteiger partial charge is 0.240 e. The fraction of sp³-hybridized carbons (Fsp3) is 0.389. The zero-order valence-electron chi connectivity index (χ0n) is 13.3. The fourth-order valence-electron chi connectivity index (χ4n) is 4.37. The average molecular weight is 358 g/mol. The molecule has 6 nitrogen and oxygen atoms in total. The van der Waals surface area contributed by atoms with Crippen LogP contribution in [-0.2, 0) is 20.9 Å². The Morgan fingerprint density at radius 2 is 1.88 bits per heavy atom. The molecule has 0 N–H and O–H groups in total. The van der Waals surface area contributed by atoms with E-state index in [9.17, 15) is 9.59 Å². The predicted molar refractivity (Wildman–Crippen MR) is 90.1 cm³/mol. The molecule has 3 fully saturated rings. The van der Waals surface area contributed by atoms with Gasteiger partial charge in [0.05, 0.1) is 47.5 Å². The van der Waals surface area contributed by atoms with Gasteiger partial charge in [0.15, 0.2) is 0 Å². The number of carbonyl (C=O) groups is 2. The minimum Gasteiger partial charge on any atom is -0.373 e. The Morgan fingerprint density at radius 1 is 1.16 bits per heavy atom. The summed E-state index contributed by atoms with van der Waals surface area (Å²) in [5, 5.41) is 4.74. The molecule has 2 bridgehead atoms. The third-order valence-electron chi connectivity index (χ3n) is 5.40. The zero-order chi connectivity index (χ0) is 17.1. The van der Waals surface area contributed by atoms with Crippen molar-refractivity contribution in [3.8, 4) is 0 Å². The average Bonchev–Trinajstić information content (AvgIpc) is 3.34. The number of aromatic nitrogens is 2. The summed E-state index contributed by atoms with van der Waals surface area (Å²) < 4.78 is 7.50. The molecule has 4 atom stereocenters. The van der Waals surface area contributed by atoms with Crippen molar-refractivity contribution >= 4 is 29.1 Å². The van der Waals surface area contributed by atoms with E-state index in [2.05, 4.69) is 5.10 Å². The maximum Gasteiger partial charge on any atom is 0.240 e. The van der Waals surface area contributed by atoms with Crippen molar-refractivity contribution in [3.63, 3.8) is 0 Å². The maximum atomic E-state index is 12.9. The van der Waals surface area contributed by atoms with Gasteiger partial charge in [-0.1, -0.05) is 23.7 Å². The molecule has 0 unspecified atom stereocenters. The Hall–Kier alpha value is -2.18. The van der Waals surface area contributed by atoms with Gasteiger partial charge in [-0.2, -0.15) is 5.10 Å². The lowest BCUT2D eigenvalue weighted by atomic mass is 9.81. The van der Waals surface area contributed by atoms with Gasteiger partial charge in [0.2, 0.25) is 11.8 Å². The van der Waals surface area contributed by atoms with Crippen LogP contribution in [0.2, 0.25) is 5.02 Å². The third-order valence-corrected chi connectivity index (χ3v) is 5.59. The highest BCUT2D eigenvalue weighted by Crippen LogP contribution is 2.49. The van der Waals surface area contributed by atoms with Gasteiger partial charge in [0.1, 0.15) is 0 Å². The number of ether oxygens (including phenoxy) is 1. The van der Waals surface area contributed by atoms with Crippen molar-refractivity contribution in [2.24, 2.45) is 11.8 Å². The highest BCUT2D eigenvalue weighted by molar-refractivity contribution is 6.30. The Bertz CT molecular complexity index is 852. The molecule has 128 valence electrons. The second kappa shape index (κ2) is 5.41. The van der Waals surface area contributed by atoms with Crippen LogP contribution in [0.3, 0.4) is 0 Å². The van der Waals surface area contributed by atoms with E-state index in [0.29, 0.717) is 17.3 Å². The third kappa shape index (κ3) is 2.24. The molecule has 25 heavy (non-hydrogen) atoms. The van der Waals surface area contributed by atoms with E-state index >= 15 is 0 Å². The number of benzene rings is 1. The van der Waals surface area contributed by atoms with Crippen LogP contribution in [0, 0.1) is 11.8 Å². The van der Waals surface area contributed by atoms with Crippen LogP contribution in [0.25, 0.3) is 0 Å². The summed E-state index contributed by atoms with van der Waals surface area (Å²) in [5.74, 6) is -0.859. The predicted octanol–water partition coefficient (Wildman–Crippen LogP) is 2.25. The number of halogens is 1. The number of imide groups is 1. The summed E-state index contributed by atoms with van der Waals surface area (Å²) in [6, 6.07) is 7.47. The van der Waals surface area contributed by atoms with Crippen molar-refractivity contribution < 1.29 is 14.3 Å². The fourth-order valence-corrected chi connectivity index (χ4v) is 4.53. The molecule has 7 heteroatoms. The number of hydrogen-bond donors (Lipinski definition) is 0. The van der Waals surface area contributed by atoms with Crippen molar-refractivity contribution in [3.05, 3.63) is 47.2 Å². The molecule has 3 saturated heterocycles. The second-order valence-corrected chi connectivity index (χ2v) is 7.32. The molecule has 0 saturated carbocycles. The van der Waals surface area contributed by atoms with Gasteiger partial charge in [0, 0.05) is 6.20 Å². The van der Waals surface area contributed by atoms with Crippen LogP contribution in [0.15, 0.2) is 36.7 Å². The van der Waals surface area contributed by atoms with Crippen molar-refractivity contribution in [1.29, 1.82) is 0 Å². The van der Waals surface area contributed by atoms with Gasteiger partial charge in [-0.3, -0.25) is 14.3 Å². The number of carbonyl (C=O) groups excluding carboxylic acids is 2. The lowest BCUT2D eigenvalue weighted by Crippen LogP contribution is -2.34. The number of nitrogens with zero attached hydrogens (tertiary/aromatic N) is 3. The molecule has 5 rings (SSSR count). The van der Waals surface area contributed by atoms with Crippen molar-refractivity contribution in [2.75, 3.05) is 4.90 Å². The first-order valence-electron chi connectivity index (χ1n) is 8.42. The highest BCUT2D eigenvalue weighted by atomic mass is 35.5.